The smallest absolute Gasteiger partial charge is 0.0471 e. The zero-order chi connectivity index (χ0) is 10.0. The van der Waals surface area contributed by atoms with E-state index in [0.717, 1.165) is 11.1 Å². The van der Waals surface area contributed by atoms with Gasteiger partial charge in [-0.05, 0) is 30.2 Å². The Morgan fingerprint density at radius 3 is 2.46 bits per heavy atom. The lowest BCUT2D eigenvalue weighted by Gasteiger charge is -2.14. The van der Waals surface area contributed by atoms with Crippen molar-refractivity contribution in [3.8, 4) is 0 Å². The molecule has 0 aromatic heterocycles. The molecular formula is C9H12Cl2N2. The molecule has 72 valence electrons. The highest BCUT2D eigenvalue weighted by Crippen LogP contribution is 2.28. The van der Waals surface area contributed by atoms with Gasteiger partial charge >= 0.3 is 0 Å². The van der Waals surface area contributed by atoms with Crippen LogP contribution in [0.5, 0.6) is 0 Å². The predicted octanol–water partition coefficient (Wildman–Crippen LogP) is 2.26. The maximum atomic E-state index is 5.99. The van der Waals surface area contributed by atoms with Gasteiger partial charge in [0.15, 0.2) is 0 Å². The lowest BCUT2D eigenvalue weighted by atomic mass is 10.0. The quantitative estimate of drug-likeness (QED) is 0.801. The van der Waals surface area contributed by atoms with Crippen LogP contribution in [0.1, 0.15) is 17.2 Å². The van der Waals surface area contributed by atoms with Crippen molar-refractivity contribution >= 4 is 23.2 Å². The van der Waals surface area contributed by atoms with Crippen LogP contribution >= 0.6 is 23.2 Å². The number of aryl methyl sites for hydroxylation is 1. The Bertz CT molecular complexity index is 289. The maximum Gasteiger partial charge on any atom is 0.0471 e. The minimum atomic E-state index is -0.218. The van der Waals surface area contributed by atoms with E-state index >= 15 is 0 Å². The first-order valence-corrected chi connectivity index (χ1v) is 4.73. The van der Waals surface area contributed by atoms with Crippen molar-refractivity contribution in [2.45, 2.75) is 13.0 Å². The first-order valence-electron chi connectivity index (χ1n) is 3.97. The summed E-state index contributed by atoms with van der Waals surface area (Å²) in [6.07, 6.45) is 0. The van der Waals surface area contributed by atoms with Gasteiger partial charge in [0.2, 0.25) is 0 Å². The summed E-state index contributed by atoms with van der Waals surface area (Å²) in [5.74, 6) is 0. The SMILES string of the molecule is Cc1cc(Cl)cc(Cl)c1C(N)CN. The first kappa shape index (κ1) is 10.8. The van der Waals surface area contributed by atoms with Crippen LogP contribution in [0.2, 0.25) is 10.0 Å². The second-order valence-corrected chi connectivity index (χ2v) is 3.80. The van der Waals surface area contributed by atoms with Crippen LogP contribution in [-0.2, 0) is 0 Å². The molecule has 1 atom stereocenters. The predicted molar refractivity (Wildman–Crippen MR) is 57.2 cm³/mol. The molecule has 0 bridgehead atoms. The van der Waals surface area contributed by atoms with E-state index in [4.69, 9.17) is 34.7 Å². The Labute approximate surface area is 87.8 Å². The van der Waals surface area contributed by atoms with Crippen molar-refractivity contribution in [1.29, 1.82) is 0 Å². The van der Waals surface area contributed by atoms with Crippen molar-refractivity contribution in [2.24, 2.45) is 11.5 Å². The van der Waals surface area contributed by atoms with Crippen molar-refractivity contribution < 1.29 is 0 Å². The molecule has 0 saturated heterocycles. The van der Waals surface area contributed by atoms with E-state index in [1.165, 1.54) is 0 Å². The molecule has 0 heterocycles. The summed E-state index contributed by atoms with van der Waals surface area (Å²) in [4.78, 5) is 0. The molecule has 0 aliphatic rings. The molecule has 0 aliphatic carbocycles. The minimum Gasteiger partial charge on any atom is -0.329 e. The molecule has 0 radical (unpaired) electrons. The second kappa shape index (κ2) is 4.29. The number of halogens is 2. The monoisotopic (exact) mass is 218 g/mol. The molecule has 1 rings (SSSR count). The number of nitrogens with two attached hydrogens (primary N) is 2. The van der Waals surface area contributed by atoms with E-state index in [-0.39, 0.29) is 6.04 Å². The van der Waals surface area contributed by atoms with Gasteiger partial charge in [-0.3, -0.25) is 0 Å². The van der Waals surface area contributed by atoms with Crippen molar-refractivity contribution in [2.75, 3.05) is 6.54 Å². The van der Waals surface area contributed by atoms with Crippen LogP contribution in [0.25, 0.3) is 0 Å². The molecule has 0 amide bonds. The minimum absolute atomic E-state index is 0.218. The van der Waals surface area contributed by atoms with Crippen LogP contribution in [-0.4, -0.2) is 6.54 Å². The molecule has 0 spiro atoms. The molecule has 1 aromatic rings. The standard InChI is InChI=1S/C9H12Cl2N2/c1-5-2-6(10)3-7(11)9(5)8(13)4-12/h2-3,8H,4,12-13H2,1H3. The largest absolute Gasteiger partial charge is 0.329 e. The van der Waals surface area contributed by atoms with Gasteiger partial charge < -0.3 is 11.5 Å². The molecular weight excluding hydrogens is 207 g/mol. The van der Waals surface area contributed by atoms with E-state index in [1.54, 1.807) is 6.07 Å². The van der Waals surface area contributed by atoms with Crippen molar-refractivity contribution in [3.63, 3.8) is 0 Å². The molecule has 0 saturated carbocycles. The van der Waals surface area contributed by atoms with Gasteiger partial charge in [0.1, 0.15) is 0 Å². The van der Waals surface area contributed by atoms with Gasteiger partial charge in [-0.1, -0.05) is 23.2 Å². The van der Waals surface area contributed by atoms with E-state index in [9.17, 15) is 0 Å². The Morgan fingerprint density at radius 1 is 1.38 bits per heavy atom. The summed E-state index contributed by atoms with van der Waals surface area (Å²) in [6, 6.07) is 3.30. The highest BCUT2D eigenvalue weighted by Gasteiger charge is 2.12. The van der Waals surface area contributed by atoms with Gasteiger partial charge in [-0.25, -0.2) is 0 Å². The number of rotatable bonds is 2. The molecule has 13 heavy (non-hydrogen) atoms. The fourth-order valence-electron chi connectivity index (χ4n) is 1.30. The van der Waals surface area contributed by atoms with Gasteiger partial charge in [0.25, 0.3) is 0 Å². The number of hydrogen-bond acceptors (Lipinski definition) is 2. The van der Waals surface area contributed by atoms with Crippen LogP contribution < -0.4 is 11.5 Å². The topological polar surface area (TPSA) is 52.0 Å². The van der Waals surface area contributed by atoms with E-state index in [0.29, 0.717) is 16.6 Å². The fraction of sp³-hybridized carbons (Fsp3) is 0.333. The molecule has 4 N–H and O–H groups in total. The molecule has 0 fully saturated rings. The van der Waals surface area contributed by atoms with Crippen LogP contribution in [0.4, 0.5) is 0 Å². The van der Waals surface area contributed by atoms with Gasteiger partial charge in [-0.15, -0.1) is 0 Å². The van der Waals surface area contributed by atoms with Crippen LogP contribution in [0.15, 0.2) is 12.1 Å². The Hall–Kier alpha value is -0.280. The molecule has 2 nitrogen and oxygen atoms in total. The Morgan fingerprint density at radius 2 is 2.00 bits per heavy atom. The lowest BCUT2D eigenvalue weighted by Crippen LogP contribution is -2.22. The first-order chi connectivity index (χ1) is 6.06. The third-order valence-electron chi connectivity index (χ3n) is 1.93. The second-order valence-electron chi connectivity index (χ2n) is 2.96. The summed E-state index contributed by atoms with van der Waals surface area (Å²) in [6.45, 7) is 2.30. The number of benzene rings is 1. The molecule has 1 unspecified atom stereocenters. The lowest BCUT2D eigenvalue weighted by molar-refractivity contribution is 0.732. The zero-order valence-corrected chi connectivity index (χ0v) is 8.86. The summed E-state index contributed by atoms with van der Waals surface area (Å²) >= 11 is 11.8. The number of hydrogen-bond donors (Lipinski definition) is 2. The Kier molecular flexibility index (Phi) is 3.56. The highest BCUT2D eigenvalue weighted by molar-refractivity contribution is 6.35. The van der Waals surface area contributed by atoms with Gasteiger partial charge in [-0.2, -0.15) is 0 Å². The van der Waals surface area contributed by atoms with Crippen LogP contribution in [0, 0.1) is 6.92 Å². The highest BCUT2D eigenvalue weighted by atomic mass is 35.5. The average molecular weight is 219 g/mol. The van der Waals surface area contributed by atoms with Gasteiger partial charge in [0, 0.05) is 22.6 Å². The summed E-state index contributed by atoms with van der Waals surface area (Å²) in [5, 5.41) is 1.21. The Balaban J connectivity index is 3.20. The van der Waals surface area contributed by atoms with Crippen molar-refractivity contribution in [1.82, 2.24) is 0 Å². The maximum absolute atomic E-state index is 5.99. The zero-order valence-electron chi connectivity index (χ0n) is 7.35. The summed E-state index contributed by atoms with van der Waals surface area (Å²) in [7, 11) is 0. The molecule has 4 heteroatoms. The summed E-state index contributed by atoms with van der Waals surface area (Å²) in [5.41, 5.74) is 13.1. The summed E-state index contributed by atoms with van der Waals surface area (Å²) < 4.78 is 0. The van der Waals surface area contributed by atoms with E-state index in [1.807, 2.05) is 13.0 Å². The van der Waals surface area contributed by atoms with Crippen LogP contribution in [0.3, 0.4) is 0 Å². The normalized spacial score (nSPS) is 13.0. The van der Waals surface area contributed by atoms with Crippen molar-refractivity contribution in [3.05, 3.63) is 33.3 Å². The fourth-order valence-corrected chi connectivity index (χ4v) is 2.04. The van der Waals surface area contributed by atoms with E-state index in [2.05, 4.69) is 0 Å². The van der Waals surface area contributed by atoms with Gasteiger partial charge in [0.05, 0.1) is 0 Å². The molecule has 1 aromatic carbocycles. The third kappa shape index (κ3) is 2.35. The average Bonchev–Trinajstić information content (AvgIpc) is 2.02. The molecule has 0 aliphatic heterocycles. The van der Waals surface area contributed by atoms with E-state index < -0.39 is 0 Å². The third-order valence-corrected chi connectivity index (χ3v) is 2.46.